The molecule has 4 heteroatoms. The van der Waals surface area contributed by atoms with E-state index in [1.807, 2.05) is 18.2 Å². The van der Waals surface area contributed by atoms with E-state index in [2.05, 4.69) is 5.32 Å². The number of halogens is 1. The van der Waals surface area contributed by atoms with E-state index in [-0.39, 0.29) is 0 Å². The molecule has 1 heterocycles. The molecule has 1 N–H and O–H groups in total. The molecule has 0 saturated heterocycles. The highest BCUT2D eigenvalue weighted by atomic mass is 35.5. The number of alkyl halides is 1. The standard InChI is InChI=1S/C12H16ClNO2/c13-5-1-6-14-10-3-4-11-12(9-10)16-8-2-7-15-11/h3-4,9,14H,1-2,5-8H2. The molecule has 0 spiro atoms. The zero-order valence-corrected chi connectivity index (χ0v) is 9.93. The lowest BCUT2D eigenvalue weighted by molar-refractivity contribution is 0.297. The molecule has 1 aromatic rings. The van der Waals surface area contributed by atoms with Gasteiger partial charge in [0.2, 0.25) is 0 Å². The molecule has 1 aromatic carbocycles. The third-order valence-corrected chi connectivity index (χ3v) is 2.65. The number of benzene rings is 1. The average Bonchev–Trinajstić information content (AvgIpc) is 2.54. The molecule has 88 valence electrons. The van der Waals surface area contributed by atoms with Crippen LogP contribution in [0.1, 0.15) is 12.8 Å². The Labute approximate surface area is 101 Å². The van der Waals surface area contributed by atoms with Crippen molar-refractivity contribution in [3.05, 3.63) is 18.2 Å². The van der Waals surface area contributed by atoms with E-state index >= 15 is 0 Å². The predicted octanol–water partition coefficient (Wildman–Crippen LogP) is 2.89. The molecule has 0 atom stereocenters. The van der Waals surface area contributed by atoms with Crippen LogP contribution in [0.3, 0.4) is 0 Å². The number of anilines is 1. The van der Waals surface area contributed by atoms with Crippen LogP contribution in [0, 0.1) is 0 Å². The monoisotopic (exact) mass is 241 g/mol. The third kappa shape index (κ3) is 2.95. The number of nitrogens with one attached hydrogen (secondary N) is 1. The molecule has 0 fully saturated rings. The lowest BCUT2D eigenvalue weighted by Gasteiger charge is -2.10. The van der Waals surface area contributed by atoms with Gasteiger partial charge in [-0.3, -0.25) is 0 Å². The van der Waals surface area contributed by atoms with Gasteiger partial charge in [-0.15, -0.1) is 11.6 Å². The number of hydrogen-bond donors (Lipinski definition) is 1. The second-order valence-corrected chi connectivity index (χ2v) is 4.06. The maximum atomic E-state index is 5.62. The van der Waals surface area contributed by atoms with Crippen molar-refractivity contribution in [1.29, 1.82) is 0 Å². The van der Waals surface area contributed by atoms with Crippen LogP contribution in [0.15, 0.2) is 18.2 Å². The van der Waals surface area contributed by atoms with Gasteiger partial charge in [0.05, 0.1) is 13.2 Å². The Morgan fingerprint density at radius 3 is 2.81 bits per heavy atom. The van der Waals surface area contributed by atoms with Gasteiger partial charge in [0.25, 0.3) is 0 Å². The summed E-state index contributed by atoms with van der Waals surface area (Å²) in [7, 11) is 0. The van der Waals surface area contributed by atoms with E-state index in [1.165, 1.54) is 0 Å². The number of fused-ring (bicyclic) bond motifs is 1. The normalized spacial score (nSPS) is 14.3. The fourth-order valence-electron chi connectivity index (χ4n) is 1.57. The molecule has 16 heavy (non-hydrogen) atoms. The lowest BCUT2D eigenvalue weighted by Crippen LogP contribution is -2.02. The van der Waals surface area contributed by atoms with Crippen LogP contribution in [0.5, 0.6) is 11.5 Å². The average molecular weight is 242 g/mol. The minimum Gasteiger partial charge on any atom is -0.490 e. The molecule has 0 saturated carbocycles. The van der Waals surface area contributed by atoms with E-state index in [0.29, 0.717) is 5.88 Å². The molecule has 0 aromatic heterocycles. The van der Waals surface area contributed by atoms with Crippen molar-refractivity contribution in [3.8, 4) is 11.5 Å². The van der Waals surface area contributed by atoms with Gasteiger partial charge >= 0.3 is 0 Å². The summed E-state index contributed by atoms with van der Waals surface area (Å²) in [6.45, 7) is 2.33. The largest absolute Gasteiger partial charge is 0.490 e. The first-order valence-electron chi connectivity index (χ1n) is 5.59. The fourth-order valence-corrected chi connectivity index (χ4v) is 1.71. The smallest absolute Gasteiger partial charge is 0.163 e. The molecule has 2 rings (SSSR count). The summed E-state index contributed by atoms with van der Waals surface area (Å²) in [6, 6.07) is 5.93. The zero-order chi connectivity index (χ0) is 11.2. The van der Waals surface area contributed by atoms with E-state index < -0.39 is 0 Å². The topological polar surface area (TPSA) is 30.5 Å². The molecular formula is C12H16ClNO2. The van der Waals surface area contributed by atoms with Crippen molar-refractivity contribution in [2.24, 2.45) is 0 Å². The maximum absolute atomic E-state index is 5.62. The second-order valence-electron chi connectivity index (χ2n) is 3.68. The van der Waals surface area contributed by atoms with Crippen molar-refractivity contribution in [2.75, 3.05) is 31.0 Å². The first-order chi connectivity index (χ1) is 7.90. The molecule has 3 nitrogen and oxygen atoms in total. The van der Waals surface area contributed by atoms with Crippen LogP contribution in [-0.4, -0.2) is 25.6 Å². The zero-order valence-electron chi connectivity index (χ0n) is 9.17. The highest BCUT2D eigenvalue weighted by Crippen LogP contribution is 2.32. The van der Waals surface area contributed by atoms with E-state index in [4.69, 9.17) is 21.1 Å². The summed E-state index contributed by atoms with van der Waals surface area (Å²) < 4.78 is 11.2. The Bertz CT molecular complexity index is 344. The third-order valence-electron chi connectivity index (χ3n) is 2.39. The van der Waals surface area contributed by atoms with Crippen LogP contribution >= 0.6 is 11.6 Å². The number of rotatable bonds is 4. The number of ether oxygens (including phenoxy) is 2. The van der Waals surface area contributed by atoms with Gasteiger partial charge in [-0.25, -0.2) is 0 Å². The van der Waals surface area contributed by atoms with Gasteiger partial charge in [0.1, 0.15) is 0 Å². The first-order valence-corrected chi connectivity index (χ1v) is 6.13. The summed E-state index contributed by atoms with van der Waals surface area (Å²) in [5, 5.41) is 3.30. The van der Waals surface area contributed by atoms with Crippen molar-refractivity contribution in [1.82, 2.24) is 0 Å². The summed E-state index contributed by atoms with van der Waals surface area (Å²) in [5.74, 6) is 2.34. The van der Waals surface area contributed by atoms with Gasteiger partial charge < -0.3 is 14.8 Å². The molecule has 0 amide bonds. The predicted molar refractivity (Wildman–Crippen MR) is 65.9 cm³/mol. The van der Waals surface area contributed by atoms with Crippen LogP contribution in [0.25, 0.3) is 0 Å². The molecule has 0 radical (unpaired) electrons. The quantitative estimate of drug-likeness (QED) is 0.650. The van der Waals surface area contributed by atoms with Crippen molar-refractivity contribution >= 4 is 17.3 Å². The van der Waals surface area contributed by atoms with Crippen LogP contribution in [0.2, 0.25) is 0 Å². The van der Waals surface area contributed by atoms with Gasteiger partial charge in [-0.2, -0.15) is 0 Å². The highest BCUT2D eigenvalue weighted by molar-refractivity contribution is 6.17. The Hall–Kier alpha value is -1.09. The van der Waals surface area contributed by atoms with Gasteiger partial charge in [0.15, 0.2) is 11.5 Å². The minimum atomic E-state index is 0.678. The van der Waals surface area contributed by atoms with Crippen molar-refractivity contribution < 1.29 is 9.47 Å². The van der Waals surface area contributed by atoms with Crippen molar-refractivity contribution in [2.45, 2.75) is 12.8 Å². The Morgan fingerprint density at radius 2 is 2.00 bits per heavy atom. The molecule has 1 aliphatic rings. The summed E-state index contributed by atoms with van der Waals surface area (Å²) in [5.41, 5.74) is 1.05. The van der Waals surface area contributed by atoms with Crippen molar-refractivity contribution in [3.63, 3.8) is 0 Å². The highest BCUT2D eigenvalue weighted by Gasteiger charge is 2.10. The summed E-state index contributed by atoms with van der Waals surface area (Å²) in [6.07, 6.45) is 1.89. The maximum Gasteiger partial charge on any atom is 0.163 e. The Morgan fingerprint density at radius 1 is 1.19 bits per heavy atom. The summed E-state index contributed by atoms with van der Waals surface area (Å²) >= 11 is 5.62. The molecule has 0 unspecified atom stereocenters. The molecular weight excluding hydrogens is 226 g/mol. The SMILES string of the molecule is ClCCCNc1ccc2c(c1)OCCCO2. The lowest BCUT2D eigenvalue weighted by atomic mass is 10.2. The Balaban J connectivity index is 2.02. The van der Waals surface area contributed by atoms with Crippen LogP contribution in [0.4, 0.5) is 5.69 Å². The van der Waals surface area contributed by atoms with Gasteiger partial charge in [-0.05, 0) is 18.6 Å². The first kappa shape index (κ1) is 11.4. The van der Waals surface area contributed by atoms with Crippen LogP contribution < -0.4 is 14.8 Å². The fraction of sp³-hybridized carbons (Fsp3) is 0.500. The van der Waals surface area contributed by atoms with Gasteiger partial charge in [0, 0.05) is 30.6 Å². The van der Waals surface area contributed by atoms with E-state index in [0.717, 1.165) is 49.8 Å². The Kier molecular flexibility index (Phi) is 4.17. The van der Waals surface area contributed by atoms with Crippen LogP contribution in [-0.2, 0) is 0 Å². The number of hydrogen-bond acceptors (Lipinski definition) is 3. The second kappa shape index (κ2) is 5.85. The summed E-state index contributed by atoms with van der Waals surface area (Å²) in [4.78, 5) is 0. The van der Waals surface area contributed by atoms with E-state index in [1.54, 1.807) is 0 Å². The van der Waals surface area contributed by atoms with E-state index in [9.17, 15) is 0 Å². The van der Waals surface area contributed by atoms with Gasteiger partial charge in [-0.1, -0.05) is 0 Å². The molecule has 0 aliphatic carbocycles. The molecule has 1 aliphatic heterocycles. The molecule has 0 bridgehead atoms. The minimum absolute atomic E-state index is 0.678.